The molecule has 0 atom stereocenters. The molecule has 24 heavy (non-hydrogen) atoms. The van der Waals surface area contributed by atoms with Crippen LogP contribution < -0.4 is 10.6 Å². The van der Waals surface area contributed by atoms with Gasteiger partial charge in [-0.2, -0.15) is 0 Å². The summed E-state index contributed by atoms with van der Waals surface area (Å²) in [5.41, 5.74) is 0. The van der Waals surface area contributed by atoms with Crippen molar-refractivity contribution in [1.82, 2.24) is 20.2 Å². The number of aliphatic imine (C=N–C) groups is 1. The summed E-state index contributed by atoms with van der Waals surface area (Å²) in [5.74, 6) is 3.52. The van der Waals surface area contributed by atoms with Gasteiger partial charge in [-0.25, -0.2) is 4.98 Å². The topological polar surface area (TPSA) is 54.2 Å². The molecule has 2 N–H and O–H groups in total. The summed E-state index contributed by atoms with van der Waals surface area (Å²) < 4.78 is 2.22. The van der Waals surface area contributed by atoms with Crippen LogP contribution in [0.3, 0.4) is 0 Å². The molecule has 0 aliphatic heterocycles. The van der Waals surface area contributed by atoms with Crippen LogP contribution in [-0.4, -0.2) is 28.6 Å². The molecule has 136 valence electrons. The minimum atomic E-state index is 0.555. The Balaban J connectivity index is 1.78. The van der Waals surface area contributed by atoms with Crippen LogP contribution in [0.1, 0.15) is 65.1 Å². The molecule has 1 saturated carbocycles. The molecule has 1 heterocycles. The molecule has 0 amide bonds. The van der Waals surface area contributed by atoms with Crippen molar-refractivity contribution in [2.45, 2.75) is 78.4 Å². The zero-order valence-electron chi connectivity index (χ0n) is 15.9. The lowest BCUT2D eigenvalue weighted by Gasteiger charge is -2.30. The standard InChI is InChI=1S/C19H35N5/c1-5-6-16-7-9-17(10-8-16)23-19(20-4)22-13-18-21-11-12-24(18)14-15(2)3/h11-12,15-17H,5-10,13-14H2,1-4H3,(H2,20,22,23). The maximum atomic E-state index is 4.47. The smallest absolute Gasteiger partial charge is 0.191 e. The van der Waals surface area contributed by atoms with Crippen molar-refractivity contribution < 1.29 is 0 Å². The van der Waals surface area contributed by atoms with Gasteiger partial charge < -0.3 is 15.2 Å². The van der Waals surface area contributed by atoms with E-state index in [2.05, 4.69) is 52.1 Å². The first-order valence-electron chi connectivity index (χ1n) is 9.59. The summed E-state index contributed by atoms with van der Waals surface area (Å²) in [6.45, 7) is 8.47. The average molecular weight is 334 g/mol. The van der Waals surface area contributed by atoms with Crippen LogP contribution in [0.5, 0.6) is 0 Å². The van der Waals surface area contributed by atoms with E-state index in [0.29, 0.717) is 18.5 Å². The summed E-state index contributed by atoms with van der Waals surface area (Å²) in [6.07, 6.45) is 11.9. The van der Waals surface area contributed by atoms with E-state index >= 15 is 0 Å². The molecule has 1 aliphatic carbocycles. The van der Waals surface area contributed by atoms with E-state index in [1.165, 1.54) is 38.5 Å². The Labute approximate surface area is 147 Å². The summed E-state index contributed by atoms with van der Waals surface area (Å²) in [7, 11) is 1.85. The third kappa shape index (κ3) is 5.84. The fraction of sp³-hybridized carbons (Fsp3) is 0.789. The molecule has 0 unspecified atom stereocenters. The first-order chi connectivity index (χ1) is 11.6. The molecule has 1 fully saturated rings. The van der Waals surface area contributed by atoms with Gasteiger partial charge >= 0.3 is 0 Å². The van der Waals surface area contributed by atoms with Crippen LogP contribution in [-0.2, 0) is 13.1 Å². The Morgan fingerprint density at radius 1 is 1.33 bits per heavy atom. The summed E-state index contributed by atoms with van der Waals surface area (Å²) in [4.78, 5) is 8.86. The zero-order valence-corrected chi connectivity index (χ0v) is 15.9. The highest BCUT2D eigenvalue weighted by Crippen LogP contribution is 2.27. The zero-order chi connectivity index (χ0) is 17.4. The Kier molecular flexibility index (Phi) is 7.60. The number of rotatable bonds is 7. The van der Waals surface area contributed by atoms with Crippen LogP contribution in [0.15, 0.2) is 17.4 Å². The van der Waals surface area contributed by atoms with Crippen molar-refractivity contribution in [2.75, 3.05) is 7.05 Å². The van der Waals surface area contributed by atoms with E-state index in [-0.39, 0.29) is 0 Å². The van der Waals surface area contributed by atoms with Gasteiger partial charge in [-0.05, 0) is 37.5 Å². The second-order valence-electron chi connectivity index (χ2n) is 7.47. The largest absolute Gasteiger partial charge is 0.354 e. The molecule has 0 aromatic carbocycles. The number of hydrogen-bond acceptors (Lipinski definition) is 2. The molecule has 2 rings (SSSR count). The Morgan fingerprint density at radius 2 is 2.08 bits per heavy atom. The normalized spacial score (nSPS) is 22.0. The third-order valence-corrected chi connectivity index (χ3v) is 4.89. The van der Waals surface area contributed by atoms with Crippen molar-refractivity contribution >= 4 is 5.96 Å². The SMILES string of the molecule is CCCC1CCC(NC(=NC)NCc2nccn2CC(C)C)CC1. The summed E-state index contributed by atoms with van der Waals surface area (Å²) in [5, 5.41) is 7.02. The number of imidazole rings is 1. The van der Waals surface area contributed by atoms with E-state index in [1.54, 1.807) is 0 Å². The van der Waals surface area contributed by atoms with Crippen LogP contribution in [0.25, 0.3) is 0 Å². The highest BCUT2D eigenvalue weighted by atomic mass is 15.2. The highest BCUT2D eigenvalue weighted by Gasteiger charge is 2.21. The lowest BCUT2D eigenvalue weighted by Crippen LogP contribution is -2.44. The van der Waals surface area contributed by atoms with Gasteiger partial charge in [0.25, 0.3) is 0 Å². The van der Waals surface area contributed by atoms with Crippen molar-refractivity contribution in [3.05, 3.63) is 18.2 Å². The Hall–Kier alpha value is -1.52. The Bertz CT molecular complexity index is 498. The van der Waals surface area contributed by atoms with Gasteiger partial charge in [-0.3, -0.25) is 4.99 Å². The number of nitrogens with one attached hydrogen (secondary N) is 2. The van der Waals surface area contributed by atoms with Gasteiger partial charge in [0, 0.05) is 32.0 Å². The van der Waals surface area contributed by atoms with E-state index < -0.39 is 0 Å². The molecule has 0 radical (unpaired) electrons. The van der Waals surface area contributed by atoms with Gasteiger partial charge in [0.2, 0.25) is 0 Å². The second-order valence-corrected chi connectivity index (χ2v) is 7.47. The van der Waals surface area contributed by atoms with Crippen molar-refractivity contribution in [2.24, 2.45) is 16.8 Å². The molecule has 0 saturated heterocycles. The minimum absolute atomic E-state index is 0.555. The molecule has 5 heteroatoms. The summed E-state index contributed by atoms with van der Waals surface area (Å²) >= 11 is 0. The van der Waals surface area contributed by atoms with Crippen LogP contribution >= 0.6 is 0 Å². The number of guanidine groups is 1. The maximum Gasteiger partial charge on any atom is 0.191 e. The molecule has 1 aromatic heterocycles. The van der Waals surface area contributed by atoms with Crippen molar-refractivity contribution in [3.63, 3.8) is 0 Å². The monoisotopic (exact) mass is 333 g/mol. The fourth-order valence-electron chi connectivity index (χ4n) is 3.62. The van der Waals surface area contributed by atoms with Crippen molar-refractivity contribution in [3.8, 4) is 0 Å². The van der Waals surface area contributed by atoms with Crippen molar-refractivity contribution in [1.29, 1.82) is 0 Å². The Morgan fingerprint density at radius 3 is 2.71 bits per heavy atom. The van der Waals surface area contributed by atoms with Crippen LogP contribution in [0, 0.1) is 11.8 Å². The highest BCUT2D eigenvalue weighted by molar-refractivity contribution is 5.79. The molecule has 0 spiro atoms. The summed E-state index contributed by atoms with van der Waals surface area (Å²) in [6, 6.07) is 0.555. The average Bonchev–Trinajstić information content (AvgIpc) is 2.99. The van der Waals surface area contributed by atoms with Gasteiger partial charge in [0.05, 0.1) is 6.54 Å². The molecular formula is C19H35N5. The maximum absolute atomic E-state index is 4.47. The molecule has 5 nitrogen and oxygen atoms in total. The molecular weight excluding hydrogens is 298 g/mol. The van der Waals surface area contributed by atoms with Gasteiger partial charge in [0.15, 0.2) is 5.96 Å². The second kappa shape index (κ2) is 9.70. The fourth-order valence-corrected chi connectivity index (χ4v) is 3.62. The van der Waals surface area contributed by atoms with Gasteiger partial charge in [-0.1, -0.05) is 33.6 Å². The first kappa shape index (κ1) is 18.8. The van der Waals surface area contributed by atoms with E-state index in [0.717, 1.165) is 24.2 Å². The third-order valence-electron chi connectivity index (χ3n) is 4.89. The molecule has 1 aromatic rings. The lowest BCUT2D eigenvalue weighted by molar-refractivity contribution is 0.295. The predicted molar refractivity (Wildman–Crippen MR) is 101 cm³/mol. The van der Waals surface area contributed by atoms with E-state index in [4.69, 9.17) is 0 Å². The first-order valence-corrected chi connectivity index (χ1v) is 9.59. The number of aromatic nitrogens is 2. The van der Waals surface area contributed by atoms with Crippen LogP contribution in [0.4, 0.5) is 0 Å². The molecule has 0 bridgehead atoms. The quantitative estimate of drug-likeness (QED) is 0.592. The predicted octanol–water partition coefficient (Wildman–Crippen LogP) is 3.56. The lowest BCUT2D eigenvalue weighted by atomic mass is 9.83. The number of nitrogens with zero attached hydrogens (tertiary/aromatic N) is 3. The van der Waals surface area contributed by atoms with Gasteiger partial charge in [-0.15, -0.1) is 0 Å². The van der Waals surface area contributed by atoms with Crippen LogP contribution in [0.2, 0.25) is 0 Å². The van der Waals surface area contributed by atoms with E-state index in [9.17, 15) is 0 Å². The minimum Gasteiger partial charge on any atom is -0.354 e. The van der Waals surface area contributed by atoms with E-state index in [1.807, 2.05) is 13.2 Å². The van der Waals surface area contributed by atoms with Gasteiger partial charge in [0.1, 0.15) is 5.82 Å². The molecule has 1 aliphatic rings. The number of hydrogen-bond donors (Lipinski definition) is 2.